The maximum absolute atomic E-state index is 5.74. The van der Waals surface area contributed by atoms with E-state index in [1.807, 2.05) is 43.3 Å². The minimum absolute atomic E-state index is 0.507. The first kappa shape index (κ1) is 18.4. The van der Waals surface area contributed by atoms with Crippen LogP contribution in [0.15, 0.2) is 81.1 Å². The van der Waals surface area contributed by atoms with Gasteiger partial charge in [-0.3, -0.25) is 0 Å². The second-order valence-electron chi connectivity index (χ2n) is 5.35. The molecule has 0 spiro atoms. The van der Waals surface area contributed by atoms with Crippen molar-refractivity contribution >= 4 is 35.9 Å². The molecule has 1 heterocycles. The summed E-state index contributed by atoms with van der Waals surface area (Å²) in [7, 11) is 0. The van der Waals surface area contributed by atoms with Gasteiger partial charge >= 0.3 is 0 Å². The van der Waals surface area contributed by atoms with E-state index in [9.17, 15) is 0 Å². The Balaban J connectivity index is 1.47. The minimum atomic E-state index is 0.507. The number of rotatable bonds is 7. The normalized spacial score (nSPS) is 11.1. The molecule has 0 atom stereocenters. The van der Waals surface area contributed by atoms with Gasteiger partial charge in [0.2, 0.25) is 12.8 Å². The zero-order valence-corrected chi connectivity index (χ0v) is 15.3. The summed E-state index contributed by atoms with van der Waals surface area (Å²) < 4.78 is 5.25. The van der Waals surface area contributed by atoms with Gasteiger partial charge in [-0.25, -0.2) is 15.0 Å². The molecule has 0 aliphatic heterocycles. The van der Waals surface area contributed by atoms with Crippen molar-refractivity contribution in [2.45, 2.75) is 17.0 Å². The Morgan fingerprint density at radius 1 is 1.00 bits per heavy atom. The Morgan fingerprint density at radius 2 is 1.74 bits per heavy atom. The number of nitrogens with two attached hydrogens (primary N) is 1. The lowest BCUT2D eigenvalue weighted by atomic mass is 10.3. The third-order valence-corrected chi connectivity index (χ3v) is 4.16. The number of aromatic nitrogens is 2. The molecular weight excluding hydrogens is 362 g/mol. The maximum atomic E-state index is 5.74. The molecule has 0 fully saturated rings. The lowest BCUT2D eigenvalue weighted by Gasteiger charge is -2.01. The van der Waals surface area contributed by atoms with Crippen molar-refractivity contribution in [3.05, 3.63) is 66.5 Å². The van der Waals surface area contributed by atoms with Crippen molar-refractivity contribution in [1.29, 1.82) is 0 Å². The number of oxime groups is 1. The van der Waals surface area contributed by atoms with Crippen LogP contribution in [0.2, 0.25) is 0 Å². The Morgan fingerprint density at radius 3 is 2.48 bits per heavy atom. The summed E-state index contributed by atoms with van der Waals surface area (Å²) in [5.41, 5.74) is 8.02. The number of para-hydroxylation sites is 2. The lowest BCUT2D eigenvalue weighted by molar-refractivity contribution is 0.335. The molecule has 0 saturated heterocycles. The lowest BCUT2D eigenvalue weighted by Crippen LogP contribution is -1.95. The van der Waals surface area contributed by atoms with Crippen LogP contribution in [0.1, 0.15) is 5.56 Å². The molecule has 0 radical (unpaired) electrons. The second-order valence-corrected chi connectivity index (χ2v) is 6.39. The molecular formula is C19H17N5O2S. The predicted molar refractivity (Wildman–Crippen MR) is 107 cm³/mol. The number of aliphatic imine (C=N–C) groups is 1. The van der Waals surface area contributed by atoms with Gasteiger partial charge < -0.3 is 15.3 Å². The minimum Gasteiger partial charge on any atom is -0.440 e. The quantitative estimate of drug-likeness (QED) is 0.217. The molecule has 27 heavy (non-hydrogen) atoms. The van der Waals surface area contributed by atoms with Crippen LogP contribution in [0.5, 0.6) is 5.75 Å². The molecule has 8 heteroatoms. The fraction of sp³-hybridized carbons (Fsp3) is 0.0526. The molecule has 0 aliphatic rings. The number of hydrogen-bond acceptors (Lipinski definition) is 8. The fourth-order valence-corrected chi connectivity index (χ4v) is 2.64. The van der Waals surface area contributed by atoms with Crippen LogP contribution in [0.4, 0.5) is 11.4 Å². The van der Waals surface area contributed by atoms with Crippen molar-refractivity contribution in [2.24, 2.45) is 10.1 Å². The van der Waals surface area contributed by atoms with Gasteiger partial charge in [-0.1, -0.05) is 12.1 Å². The molecule has 136 valence electrons. The van der Waals surface area contributed by atoms with Crippen molar-refractivity contribution in [2.75, 3.05) is 5.73 Å². The Hall–Kier alpha value is -3.39. The number of ether oxygens (including phenoxy) is 1. The van der Waals surface area contributed by atoms with Crippen molar-refractivity contribution in [3.63, 3.8) is 0 Å². The SMILES string of the molecule is Cc1cnc(Sc2ccc(/N=C/O/N=C/Oc3ccccc3N)cc2)nc1. The number of hydrogen-bond donors (Lipinski definition) is 1. The van der Waals surface area contributed by atoms with E-state index in [-0.39, 0.29) is 0 Å². The van der Waals surface area contributed by atoms with Crippen LogP contribution < -0.4 is 10.5 Å². The van der Waals surface area contributed by atoms with Gasteiger partial charge in [0.1, 0.15) is 0 Å². The van der Waals surface area contributed by atoms with Gasteiger partial charge in [0.15, 0.2) is 10.9 Å². The number of benzene rings is 2. The molecule has 7 nitrogen and oxygen atoms in total. The molecule has 0 aliphatic carbocycles. The third-order valence-electron chi connectivity index (χ3n) is 3.25. The average Bonchev–Trinajstić information content (AvgIpc) is 2.69. The van der Waals surface area contributed by atoms with Gasteiger partial charge in [0.05, 0.1) is 11.4 Å². The molecule has 3 rings (SSSR count). The molecule has 2 aromatic carbocycles. The standard InChI is InChI=1S/C19H17N5O2S/c1-14-10-21-19(22-11-14)27-16-8-6-15(7-9-16)23-12-26-24-13-25-18-5-3-2-4-17(18)20/h2-13H,20H2,1H3/b23-12+,24-13+. The highest BCUT2D eigenvalue weighted by molar-refractivity contribution is 7.99. The van der Waals surface area contributed by atoms with Crippen molar-refractivity contribution in [3.8, 4) is 5.75 Å². The Labute approximate surface area is 161 Å². The Kier molecular flexibility index (Phi) is 6.37. The molecule has 0 unspecified atom stereocenters. The number of nitrogens with zero attached hydrogens (tertiary/aromatic N) is 4. The molecule has 0 saturated carbocycles. The molecule has 0 bridgehead atoms. The molecule has 1 aromatic heterocycles. The van der Waals surface area contributed by atoms with Crippen LogP contribution >= 0.6 is 11.8 Å². The van der Waals surface area contributed by atoms with Gasteiger partial charge in [-0.2, -0.15) is 0 Å². The summed E-state index contributed by atoms with van der Waals surface area (Å²) in [6.07, 6.45) is 5.96. The maximum Gasteiger partial charge on any atom is 0.219 e. The first-order valence-electron chi connectivity index (χ1n) is 7.98. The third kappa shape index (κ3) is 5.82. The largest absolute Gasteiger partial charge is 0.440 e. The fourth-order valence-electron chi connectivity index (χ4n) is 1.94. The van der Waals surface area contributed by atoms with Crippen LogP contribution in [0.25, 0.3) is 0 Å². The highest BCUT2D eigenvalue weighted by Gasteiger charge is 2.00. The van der Waals surface area contributed by atoms with E-state index in [0.717, 1.165) is 22.5 Å². The van der Waals surface area contributed by atoms with Crippen molar-refractivity contribution in [1.82, 2.24) is 9.97 Å². The van der Waals surface area contributed by atoms with Crippen LogP contribution in [0.3, 0.4) is 0 Å². The van der Waals surface area contributed by atoms with E-state index in [1.165, 1.54) is 18.2 Å². The van der Waals surface area contributed by atoms with Crippen LogP contribution in [0, 0.1) is 6.92 Å². The summed E-state index contributed by atoms with van der Waals surface area (Å²) in [4.78, 5) is 18.6. The van der Waals surface area contributed by atoms with Crippen LogP contribution in [-0.2, 0) is 4.84 Å². The molecule has 0 amide bonds. The molecule has 2 N–H and O–H groups in total. The summed E-state index contributed by atoms with van der Waals surface area (Å²) in [5, 5.41) is 4.33. The van der Waals surface area contributed by atoms with E-state index < -0.39 is 0 Å². The summed E-state index contributed by atoms with van der Waals surface area (Å²) in [6.45, 7) is 1.95. The topological polar surface area (TPSA) is 95.0 Å². The van der Waals surface area contributed by atoms with E-state index in [0.29, 0.717) is 16.6 Å². The van der Waals surface area contributed by atoms with Crippen molar-refractivity contribution < 1.29 is 9.57 Å². The summed E-state index contributed by atoms with van der Waals surface area (Å²) in [5.74, 6) is 0.507. The van der Waals surface area contributed by atoms with E-state index >= 15 is 0 Å². The predicted octanol–water partition coefficient (Wildman–Crippen LogP) is 4.22. The molecule has 3 aromatic rings. The second kappa shape index (κ2) is 9.35. The average molecular weight is 379 g/mol. The van der Waals surface area contributed by atoms with Gasteiger partial charge in [0, 0.05) is 17.3 Å². The first-order valence-corrected chi connectivity index (χ1v) is 8.80. The summed E-state index contributed by atoms with van der Waals surface area (Å²) >= 11 is 1.48. The van der Waals surface area contributed by atoms with E-state index in [1.54, 1.807) is 24.5 Å². The highest BCUT2D eigenvalue weighted by atomic mass is 32.2. The Bertz CT molecular complexity index is 928. The monoisotopic (exact) mass is 379 g/mol. The van der Waals surface area contributed by atoms with Crippen LogP contribution in [-0.4, -0.2) is 22.8 Å². The smallest absolute Gasteiger partial charge is 0.219 e. The first-order chi connectivity index (χ1) is 13.2. The zero-order valence-electron chi connectivity index (χ0n) is 14.5. The highest BCUT2D eigenvalue weighted by Crippen LogP contribution is 2.26. The van der Waals surface area contributed by atoms with Gasteiger partial charge in [0.25, 0.3) is 0 Å². The number of anilines is 1. The number of aryl methyl sites for hydroxylation is 1. The van der Waals surface area contributed by atoms with E-state index in [2.05, 4.69) is 20.1 Å². The summed E-state index contributed by atoms with van der Waals surface area (Å²) in [6, 6.07) is 14.7. The van der Waals surface area contributed by atoms with E-state index in [4.69, 9.17) is 15.3 Å². The zero-order chi connectivity index (χ0) is 18.9. The number of nitrogen functional groups attached to an aromatic ring is 1. The van der Waals surface area contributed by atoms with Gasteiger partial charge in [-0.15, -0.1) is 0 Å². The van der Waals surface area contributed by atoms with Gasteiger partial charge in [-0.05, 0) is 65.8 Å².